The van der Waals surface area contributed by atoms with Crippen molar-refractivity contribution < 1.29 is 4.79 Å². The molecule has 19 heavy (non-hydrogen) atoms. The summed E-state index contributed by atoms with van der Waals surface area (Å²) < 4.78 is 0.954. The Bertz CT molecular complexity index is 512. The number of likely N-dealkylation sites (N-methyl/N-ethyl adjacent to an activating group) is 1. The maximum absolute atomic E-state index is 12.3. The maximum Gasteiger partial charge on any atom is 0.246 e. The largest absolute Gasteiger partial charge is 0.358 e. The summed E-state index contributed by atoms with van der Waals surface area (Å²) in [7, 11) is 1.80. The zero-order valence-corrected chi connectivity index (χ0v) is 12.4. The van der Waals surface area contributed by atoms with Gasteiger partial charge in [-0.1, -0.05) is 12.1 Å². The first-order chi connectivity index (χ1) is 9.15. The topological polar surface area (TPSA) is 47.3 Å². The predicted octanol–water partition coefficient (Wildman–Crippen LogP) is 2.40. The summed E-state index contributed by atoms with van der Waals surface area (Å²) in [6, 6.07) is 9.56. The van der Waals surface area contributed by atoms with Crippen LogP contribution in [0, 0.1) is 11.3 Å². The van der Waals surface area contributed by atoms with Gasteiger partial charge in [-0.15, -0.1) is 0 Å². The Morgan fingerprint density at radius 2 is 2.16 bits per heavy atom. The Hall–Kier alpha value is -1.54. The Morgan fingerprint density at radius 3 is 2.84 bits per heavy atom. The van der Waals surface area contributed by atoms with Crippen molar-refractivity contribution >= 4 is 27.5 Å². The zero-order chi connectivity index (χ0) is 13.8. The average molecular weight is 322 g/mol. The van der Waals surface area contributed by atoms with Crippen LogP contribution in [0.15, 0.2) is 28.7 Å². The van der Waals surface area contributed by atoms with Crippen molar-refractivity contribution in [3.63, 3.8) is 0 Å². The zero-order valence-electron chi connectivity index (χ0n) is 10.8. The van der Waals surface area contributed by atoms with Crippen molar-refractivity contribution in [1.82, 2.24) is 4.90 Å². The lowest BCUT2D eigenvalue weighted by molar-refractivity contribution is -0.130. The number of hydrogen-bond donors (Lipinski definition) is 0. The molecule has 0 saturated carbocycles. The molecule has 1 amide bonds. The number of benzene rings is 1. The van der Waals surface area contributed by atoms with Gasteiger partial charge in [0.2, 0.25) is 5.91 Å². The molecule has 0 radical (unpaired) electrons. The number of carbonyl (C=O) groups is 1. The van der Waals surface area contributed by atoms with Crippen LogP contribution in [0.25, 0.3) is 0 Å². The van der Waals surface area contributed by atoms with E-state index in [4.69, 9.17) is 5.26 Å². The first-order valence-electron chi connectivity index (χ1n) is 6.28. The van der Waals surface area contributed by atoms with Crippen molar-refractivity contribution in [2.75, 3.05) is 25.0 Å². The Balaban J connectivity index is 2.38. The Morgan fingerprint density at radius 1 is 1.42 bits per heavy atom. The van der Waals surface area contributed by atoms with Gasteiger partial charge in [0.25, 0.3) is 0 Å². The van der Waals surface area contributed by atoms with Gasteiger partial charge in [0.1, 0.15) is 6.04 Å². The first-order valence-corrected chi connectivity index (χ1v) is 7.07. The summed E-state index contributed by atoms with van der Waals surface area (Å²) >= 11 is 3.52. The van der Waals surface area contributed by atoms with E-state index in [2.05, 4.69) is 22.0 Å². The van der Waals surface area contributed by atoms with Crippen molar-refractivity contribution in [1.29, 1.82) is 5.26 Å². The standard InChI is InChI=1S/C14H16BrN3O/c1-17-9-4-10-18(13(7-8-16)14(17)19)12-6-3-2-5-11(12)15/h2-3,5-6,13H,4,7,9-10H2,1H3. The van der Waals surface area contributed by atoms with Crippen LogP contribution in [-0.2, 0) is 4.79 Å². The summed E-state index contributed by atoms with van der Waals surface area (Å²) in [5, 5.41) is 8.99. The molecule has 100 valence electrons. The number of hydrogen-bond acceptors (Lipinski definition) is 3. The minimum Gasteiger partial charge on any atom is -0.358 e. The SMILES string of the molecule is CN1CCCN(c2ccccc2Br)C(CC#N)C1=O. The lowest BCUT2D eigenvalue weighted by atomic mass is 10.1. The lowest BCUT2D eigenvalue weighted by Crippen LogP contribution is -2.44. The number of amides is 1. The summed E-state index contributed by atoms with van der Waals surface area (Å²) in [5.41, 5.74) is 0.978. The number of halogens is 1. The summed E-state index contributed by atoms with van der Waals surface area (Å²) in [4.78, 5) is 16.1. The minimum absolute atomic E-state index is 0.0230. The molecule has 1 aromatic rings. The summed E-state index contributed by atoms with van der Waals surface area (Å²) in [6.07, 6.45) is 1.12. The lowest BCUT2D eigenvalue weighted by Gasteiger charge is -2.30. The molecule has 1 aliphatic heterocycles. The highest BCUT2D eigenvalue weighted by Gasteiger charge is 2.31. The van der Waals surface area contributed by atoms with Crippen LogP contribution in [0.2, 0.25) is 0 Å². The van der Waals surface area contributed by atoms with Gasteiger partial charge in [0, 0.05) is 24.6 Å². The highest BCUT2D eigenvalue weighted by molar-refractivity contribution is 9.10. The molecule has 0 N–H and O–H groups in total. The van der Waals surface area contributed by atoms with E-state index in [1.807, 2.05) is 29.2 Å². The van der Waals surface area contributed by atoms with Gasteiger partial charge in [-0.3, -0.25) is 4.79 Å². The molecule has 1 atom stereocenters. The molecular weight excluding hydrogens is 306 g/mol. The van der Waals surface area contributed by atoms with Gasteiger partial charge < -0.3 is 9.80 Å². The van der Waals surface area contributed by atoms with Gasteiger partial charge >= 0.3 is 0 Å². The van der Waals surface area contributed by atoms with Crippen LogP contribution in [0.3, 0.4) is 0 Å². The van der Waals surface area contributed by atoms with E-state index in [0.717, 1.165) is 29.7 Å². The van der Waals surface area contributed by atoms with Gasteiger partial charge in [-0.25, -0.2) is 0 Å². The van der Waals surface area contributed by atoms with Crippen LogP contribution in [0.4, 0.5) is 5.69 Å². The van der Waals surface area contributed by atoms with Crippen molar-refractivity contribution in [2.24, 2.45) is 0 Å². The number of para-hydroxylation sites is 1. The minimum atomic E-state index is -0.392. The van der Waals surface area contributed by atoms with Crippen molar-refractivity contribution in [3.05, 3.63) is 28.7 Å². The monoisotopic (exact) mass is 321 g/mol. The van der Waals surface area contributed by atoms with Gasteiger partial charge in [-0.05, 0) is 34.5 Å². The number of carbonyl (C=O) groups excluding carboxylic acids is 1. The molecule has 0 aromatic heterocycles. The fraction of sp³-hybridized carbons (Fsp3) is 0.429. The van der Waals surface area contributed by atoms with Crippen molar-refractivity contribution in [2.45, 2.75) is 18.9 Å². The van der Waals surface area contributed by atoms with Gasteiger partial charge in [-0.2, -0.15) is 5.26 Å². The second-order valence-corrected chi connectivity index (χ2v) is 5.49. The maximum atomic E-state index is 12.3. The highest BCUT2D eigenvalue weighted by Crippen LogP contribution is 2.29. The van der Waals surface area contributed by atoms with Crippen LogP contribution in [0.1, 0.15) is 12.8 Å². The molecule has 1 aromatic carbocycles. The fourth-order valence-electron chi connectivity index (χ4n) is 2.39. The van der Waals surface area contributed by atoms with E-state index in [-0.39, 0.29) is 12.3 Å². The molecule has 4 nitrogen and oxygen atoms in total. The van der Waals surface area contributed by atoms with Gasteiger partial charge in [0.05, 0.1) is 18.2 Å². The van der Waals surface area contributed by atoms with E-state index in [1.165, 1.54) is 0 Å². The predicted molar refractivity (Wildman–Crippen MR) is 77.8 cm³/mol. The number of anilines is 1. The fourth-order valence-corrected chi connectivity index (χ4v) is 2.90. The third-order valence-electron chi connectivity index (χ3n) is 3.38. The molecule has 1 aliphatic rings. The molecule has 0 bridgehead atoms. The molecule has 0 aliphatic carbocycles. The quantitative estimate of drug-likeness (QED) is 0.840. The highest BCUT2D eigenvalue weighted by atomic mass is 79.9. The average Bonchev–Trinajstić information content (AvgIpc) is 2.53. The summed E-state index contributed by atoms with van der Waals surface area (Å²) in [5.74, 6) is 0.0230. The second kappa shape index (κ2) is 6.07. The number of nitrogens with zero attached hydrogens (tertiary/aromatic N) is 3. The van der Waals surface area contributed by atoms with Crippen LogP contribution in [-0.4, -0.2) is 37.0 Å². The molecule has 1 unspecified atom stereocenters. The van der Waals surface area contributed by atoms with Gasteiger partial charge in [0.15, 0.2) is 0 Å². The number of rotatable bonds is 2. The van der Waals surface area contributed by atoms with E-state index < -0.39 is 6.04 Å². The van der Waals surface area contributed by atoms with Crippen molar-refractivity contribution in [3.8, 4) is 6.07 Å². The number of nitriles is 1. The summed E-state index contributed by atoms with van der Waals surface area (Å²) in [6.45, 7) is 1.52. The van der Waals surface area contributed by atoms with E-state index >= 15 is 0 Å². The van der Waals surface area contributed by atoms with Crippen LogP contribution in [0.5, 0.6) is 0 Å². The van der Waals surface area contributed by atoms with E-state index in [0.29, 0.717) is 0 Å². The molecule has 1 saturated heterocycles. The van der Waals surface area contributed by atoms with Crippen LogP contribution >= 0.6 is 15.9 Å². The van der Waals surface area contributed by atoms with E-state index in [1.54, 1.807) is 11.9 Å². The third kappa shape index (κ3) is 2.90. The second-order valence-electron chi connectivity index (χ2n) is 4.64. The molecule has 1 fully saturated rings. The molecule has 0 spiro atoms. The molecule has 1 heterocycles. The molecule has 2 rings (SSSR count). The molecular formula is C14H16BrN3O. The normalized spacial score (nSPS) is 20.1. The smallest absolute Gasteiger partial charge is 0.246 e. The first kappa shape index (κ1) is 13.9. The van der Waals surface area contributed by atoms with E-state index in [9.17, 15) is 4.79 Å². The third-order valence-corrected chi connectivity index (χ3v) is 4.05. The Labute approximate surface area is 121 Å². The van der Waals surface area contributed by atoms with Crippen LogP contribution < -0.4 is 4.90 Å². The molecule has 5 heteroatoms. The Kier molecular flexibility index (Phi) is 4.43.